The summed E-state index contributed by atoms with van der Waals surface area (Å²) in [6, 6.07) is 29.3. The summed E-state index contributed by atoms with van der Waals surface area (Å²) in [5, 5.41) is 1.51. The lowest BCUT2D eigenvalue weighted by Crippen LogP contribution is -2.18. The number of aromatic nitrogens is 4. The zero-order chi connectivity index (χ0) is 63.4. The van der Waals surface area contributed by atoms with E-state index in [0.29, 0.717) is 38.7 Å². The quantitative estimate of drug-likeness (QED) is 0.0453. The lowest BCUT2D eigenvalue weighted by atomic mass is 10.00. The Morgan fingerprint density at radius 1 is 0.517 bits per heavy atom. The molecule has 4 heterocycles. The van der Waals surface area contributed by atoms with Crippen LogP contribution in [0.5, 0.6) is 0 Å². The van der Waals surface area contributed by atoms with Crippen molar-refractivity contribution in [3.63, 3.8) is 0 Å². The number of benzene rings is 6. The number of hydrogen-bond donors (Lipinski definition) is 2. The number of halogens is 11. The van der Waals surface area contributed by atoms with E-state index in [0.717, 1.165) is 45.8 Å². The highest BCUT2D eigenvalue weighted by Gasteiger charge is 2.31. The Kier molecular flexibility index (Phi) is 20.6. The molecule has 3 N–H and O–H groups in total. The van der Waals surface area contributed by atoms with Crippen LogP contribution in [0.25, 0.3) is 44.3 Å². The molecule has 0 atom stereocenters. The minimum absolute atomic E-state index is 0.0114. The number of hydrogen-bond acceptors (Lipinski definition) is 11. The Labute approximate surface area is 528 Å². The van der Waals surface area contributed by atoms with Gasteiger partial charge in [0.05, 0.1) is 76.4 Å². The van der Waals surface area contributed by atoms with Crippen molar-refractivity contribution in [3.8, 4) is 22.3 Å². The smallest absolute Gasteiger partial charge is 0.266 e. The van der Waals surface area contributed by atoms with Crippen LogP contribution in [0, 0.1) is 23.3 Å². The van der Waals surface area contributed by atoms with Crippen LogP contribution < -0.4 is 10.5 Å². The Morgan fingerprint density at radius 2 is 0.908 bits per heavy atom. The van der Waals surface area contributed by atoms with Crippen LogP contribution in [0.15, 0.2) is 146 Å². The summed E-state index contributed by atoms with van der Waals surface area (Å²) in [5.41, 5.74) is 4.71. The van der Waals surface area contributed by atoms with Crippen molar-refractivity contribution < 1.29 is 53.6 Å². The largest absolute Gasteiger partial charge is 0.396 e. The third kappa shape index (κ3) is 14.6. The number of nitrogen functional groups attached to an aromatic ring is 1. The standard InChI is InChI=1S/C30H20Cl3F2N3O4S.C27H14Cl3F2N3O2.C3H7ClO2S/c1-2-12-43(41,42)37-24-11-10-23(34)26(27(24)35)28(39)20-15-38(30(40)25-21(32)4-3-5-22(25)33)29-19(20)13-17(14-36-29)16-6-8-18(31)9-7-16;28-15-6-4-13(5-7-15)14-10-16-17(25(36)23-20(31)8-9-21(33)24(23)32)12-35(26(16)34-11-14)27(37)22-18(29)2-1-3-19(22)30;1-2-3-7(4,5)6/h3-11,13-15,37H,2,12H2,1H3;1-12H,33H2;2-3H2,1H3. The molecule has 0 amide bonds. The number of nitrogens with zero attached hydrogens (tertiary/aromatic N) is 4. The monoisotopic (exact) mass is 1360 g/mol. The number of rotatable bonds is 14. The molecule has 6 aromatic carbocycles. The molecule has 0 fully saturated rings. The number of anilines is 2. The molecule has 0 unspecified atom stereocenters. The number of fused-ring (bicyclic) bond motifs is 2. The zero-order valence-corrected chi connectivity index (χ0v) is 51.7. The van der Waals surface area contributed by atoms with Gasteiger partial charge in [-0.3, -0.25) is 33.0 Å². The fourth-order valence-corrected chi connectivity index (χ4v) is 12.2. The summed E-state index contributed by atoms with van der Waals surface area (Å²) in [7, 11) is -2.36. The average molecular weight is 1360 g/mol. The summed E-state index contributed by atoms with van der Waals surface area (Å²) < 4.78 is 109. The summed E-state index contributed by atoms with van der Waals surface area (Å²) in [5.74, 6) is -8.76. The van der Waals surface area contributed by atoms with Crippen molar-refractivity contribution in [1.82, 2.24) is 19.1 Å². The van der Waals surface area contributed by atoms with Crippen LogP contribution in [-0.4, -0.2) is 70.8 Å². The molecule has 10 rings (SSSR count). The van der Waals surface area contributed by atoms with Gasteiger partial charge in [0.2, 0.25) is 30.6 Å². The number of sulfonamides is 1. The molecule has 0 bridgehead atoms. The van der Waals surface area contributed by atoms with Gasteiger partial charge < -0.3 is 5.73 Å². The Balaban J connectivity index is 0.000000205. The van der Waals surface area contributed by atoms with Gasteiger partial charge in [0.1, 0.15) is 22.9 Å². The second-order valence-electron chi connectivity index (χ2n) is 18.8. The maximum absolute atomic E-state index is 15.6. The first-order valence-electron chi connectivity index (χ1n) is 25.4. The lowest BCUT2D eigenvalue weighted by Gasteiger charge is -2.11. The maximum atomic E-state index is 15.6. The molecule has 14 nitrogen and oxygen atoms in total. The predicted octanol–water partition coefficient (Wildman–Crippen LogP) is 16.4. The van der Waals surface area contributed by atoms with Crippen LogP contribution >= 0.6 is 80.3 Å². The topological polar surface area (TPSA) is 210 Å². The molecule has 0 aliphatic heterocycles. The highest BCUT2D eigenvalue weighted by Crippen LogP contribution is 2.36. The first kappa shape index (κ1) is 65.6. The van der Waals surface area contributed by atoms with Gasteiger partial charge in [0, 0.05) is 67.4 Å². The Hall–Kier alpha value is -7.37. The van der Waals surface area contributed by atoms with Crippen LogP contribution in [-0.2, 0) is 19.1 Å². The van der Waals surface area contributed by atoms with Gasteiger partial charge in [0.15, 0.2) is 11.6 Å². The van der Waals surface area contributed by atoms with Gasteiger partial charge in [-0.15, -0.1) is 0 Å². The fourth-order valence-electron chi connectivity index (χ4n) is 8.75. The van der Waals surface area contributed by atoms with Crippen molar-refractivity contribution in [3.05, 3.63) is 233 Å². The normalized spacial score (nSPS) is 11.4. The summed E-state index contributed by atoms with van der Waals surface area (Å²) in [6.07, 6.45) is 6.06. The van der Waals surface area contributed by atoms with Gasteiger partial charge in [-0.1, -0.05) is 120 Å². The van der Waals surface area contributed by atoms with Crippen molar-refractivity contribution in [1.29, 1.82) is 0 Å². The number of nitrogens with two attached hydrogens (primary N) is 1. The van der Waals surface area contributed by atoms with Crippen LogP contribution in [0.4, 0.5) is 28.9 Å². The first-order chi connectivity index (χ1) is 41.1. The van der Waals surface area contributed by atoms with Crippen LogP contribution in [0.1, 0.15) is 79.2 Å². The van der Waals surface area contributed by atoms with E-state index in [1.165, 1.54) is 36.7 Å². The number of pyridine rings is 2. The third-order valence-corrected chi connectivity index (χ3v) is 17.4. The van der Waals surface area contributed by atoms with Gasteiger partial charge in [-0.25, -0.2) is 44.4 Å². The molecule has 0 aliphatic rings. The van der Waals surface area contributed by atoms with Gasteiger partial charge in [-0.05, 0) is 109 Å². The second kappa shape index (κ2) is 27.3. The van der Waals surface area contributed by atoms with E-state index in [2.05, 4.69) is 14.7 Å². The highest BCUT2D eigenvalue weighted by atomic mass is 35.7. The van der Waals surface area contributed by atoms with Crippen LogP contribution in [0.3, 0.4) is 0 Å². The zero-order valence-electron chi connectivity index (χ0n) is 44.8. The molecule has 0 saturated carbocycles. The van der Waals surface area contributed by atoms with Crippen molar-refractivity contribution in [2.45, 2.75) is 26.7 Å². The summed E-state index contributed by atoms with van der Waals surface area (Å²) >= 11 is 37.0. The molecule has 0 radical (unpaired) electrons. The molecule has 0 saturated heterocycles. The minimum Gasteiger partial charge on any atom is -0.396 e. The van der Waals surface area contributed by atoms with Gasteiger partial charge in [-0.2, -0.15) is 0 Å². The van der Waals surface area contributed by atoms with E-state index in [-0.39, 0.29) is 82.3 Å². The van der Waals surface area contributed by atoms with E-state index in [4.69, 9.17) is 86.0 Å². The SMILES string of the molecule is CCCS(=O)(=O)Cl.CCCS(=O)(=O)Nc1ccc(F)c(C(=O)c2cn(C(=O)c3c(Cl)cccc3Cl)c3ncc(-c4ccc(Cl)cc4)cc23)c1F.Nc1ccc(F)c(C(=O)c2cn(C(=O)c3c(Cl)cccc3Cl)c3ncc(-c4ccc(Cl)cc4)cc23)c1F. The van der Waals surface area contributed by atoms with E-state index in [1.54, 1.807) is 86.6 Å². The van der Waals surface area contributed by atoms with Gasteiger partial charge in [0.25, 0.3) is 11.8 Å². The van der Waals surface area contributed by atoms with E-state index in [9.17, 15) is 44.8 Å². The predicted molar refractivity (Wildman–Crippen MR) is 334 cm³/mol. The molecular formula is C60H41Cl7F4N6O8S2. The van der Waals surface area contributed by atoms with Gasteiger partial charge >= 0.3 is 0 Å². The fraction of sp³-hybridized carbons (Fsp3) is 0.100. The molecule has 4 aromatic heterocycles. The maximum Gasteiger partial charge on any atom is 0.266 e. The molecule has 0 spiro atoms. The van der Waals surface area contributed by atoms with E-state index in [1.807, 2.05) is 0 Å². The van der Waals surface area contributed by atoms with Crippen molar-refractivity contribution in [2.75, 3.05) is 22.0 Å². The Bertz CT molecular complexity index is 4590. The molecular weight excluding hydrogens is 1320 g/mol. The second-order valence-corrected chi connectivity index (χ2v) is 26.0. The minimum atomic E-state index is -3.96. The number of ketones is 2. The third-order valence-electron chi connectivity index (χ3n) is 12.8. The first-order valence-corrected chi connectivity index (χ1v) is 31.8. The number of nitrogens with one attached hydrogen (secondary N) is 1. The van der Waals surface area contributed by atoms with Crippen molar-refractivity contribution in [2.24, 2.45) is 0 Å². The molecule has 87 heavy (non-hydrogen) atoms. The molecule has 448 valence electrons. The van der Waals surface area contributed by atoms with E-state index < -0.39 is 88.2 Å². The highest BCUT2D eigenvalue weighted by molar-refractivity contribution is 8.13. The lowest BCUT2D eigenvalue weighted by molar-refractivity contribution is 0.0955. The molecule has 27 heteroatoms. The Morgan fingerprint density at radius 3 is 1.29 bits per heavy atom. The van der Waals surface area contributed by atoms with E-state index >= 15 is 8.78 Å². The summed E-state index contributed by atoms with van der Waals surface area (Å²) in [4.78, 5) is 63.4. The molecule has 10 aromatic rings. The van der Waals surface area contributed by atoms with Crippen molar-refractivity contribution >= 4 is 156 Å². The molecule has 0 aliphatic carbocycles. The number of carbonyl (C=O) groups excluding carboxylic acids is 4. The summed E-state index contributed by atoms with van der Waals surface area (Å²) in [6.45, 7) is 3.38. The van der Waals surface area contributed by atoms with Crippen LogP contribution in [0.2, 0.25) is 30.1 Å². The number of carbonyl (C=O) groups is 4. The average Bonchev–Trinajstić information content (AvgIpc) is 1.83.